The van der Waals surface area contributed by atoms with Crippen molar-refractivity contribution in [1.82, 2.24) is 5.32 Å². The Morgan fingerprint density at radius 2 is 1.87 bits per heavy atom. The summed E-state index contributed by atoms with van der Waals surface area (Å²) in [5.41, 5.74) is 2.29. The molecular formula is C25H20BrFN2O2. The van der Waals surface area contributed by atoms with Gasteiger partial charge in [-0.25, -0.2) is 4.39 Å². The summed E-state index contributed by atoms with van der Waals surface area (Å²) in [6, 6.07) is 22.6. The molecule has 31 heavy (non-hydrogen) atoms. The van der Waals surface area contributed by atoms with Crippen molar-refractivity contribution in [1.29, 1.82) is 5.26 Å². The van der Waals surface area contributed by atoms with Crippen molar-refractivity contribution in [2.45, 2.75) is 19.6 Å². The number of nitrogens with zero attached hydrogens (tertiary/aromatic N) is 1. The van der Waals surface area contributed by atoms with E-state index in [4.69, 9.17) is 4.74 Å². The summed E-state index contributed by atoms with van der Waals surface area (Å²) in [6.07, 6.45) is 1.50. The Kier molecular flexibility index (Phi) is 7.58. The lowest BCUT2D eigenvalue weighted by molar-refractivity contribution is -0.117. The molecule has 4 nitrogen and oxygen atoms in total. The maximum atomic E-state index is 13.1. The number of carbonyl (C=O) groups is 1. The molecule has 0 aromatic heterocycles. The van der Waals surface area contributed by atoms with Gasteiger partial charge in [-0.15, -0.1) is 0 Å². The average molecular weight is 479 g/mol. The van der Waals surface area contributed by atoms with Crippen LogP contribution in [-0.2, 0) is 11.4 Å². The number of nitrogens with one attached hydrogen (secondary N) is 1. The number of carbonyl (C=O) groups excluding carboxylic acids is 1. The highest BCUT2D eigenvalue weighted by Gasteiger charge is 2.15. The van der Waals surface area contributed by atoms with Gasteiger partial charge < -0.3 is 10.1 Å². The van der Waals surface area contributed by atoms with Crippen LogP contribution in [0.15, 0.2) is 82.8 Å². The van der Waals surface area contributed by atoms with Crippen LogP contribution in [0.1, 0.15) is 29.7 Å². The van der Waals surface area contributed by atoms with Crippen molar-refractivity contribution in [3.05, 3.63) is 105 Å². The molecule has 3 rings (SSSR count). The summed E-state index contributed by atoms with van der Waals surface area (Å²) in [4.78, 5) is 12.7. The standard InChI is InChI=1S/C25H20BrFN2O2/c1-17(19-5-3-2-4-6-19)29-25(30)21(15-28)13-20-14-22(26)9-12-24(20)31-16-18-7-10-23(27)11-8-18/h2-14,17H,16H2,1H3,(H,29,30)/b21-13+. The topological polar surface area (TPSA) is 62.1 Å². The minimum Gasteiger partial charge on any atom is -0.488 e. The molecule has 6 heteroatoms. The third kappa shape index (κ3) is 6.27. The number of amides is 1. The summed E-state index contributed by atoms with van der Waals surface area (Å²) >= 11 is 3.41. The number of hydrogen-bond acceptors (Lipinski definition) is 3. The van der Waals surface area contributed by atoms with E-state index in [9.17, 15) is 14.4 Å². The smallest absolute Gasteiger partial charge is 0.262 e. The first kappa shape index (κ1) is 22.3. The van der Waals surface area contributed by atoms with Gasteiger partial charge in [-0.3, -0.25) is 4.79 Å². The number of ether oxygens (including phenoxy) is 1. The fourth-order valence-corrected chi connectivity index (χ4v) is 3.29. The molecule has 0 aliphatic rings. The molecule has 3 aromatic carbocycles. The zero-order valence-corrected chi connectivity index (χ0v) is 18.4. The molecule has 0 aliphatic carbocycles. The Bertz CT molecular complexity index is 1120. The molecule has 0 bridgehead atoms. The zero-order chi connectivity index (χ0) is 22.2. The Hall–Kier alpha value is -3.43. The molecule has 0 fully saturated rings. The van der Waals surface area contributed by atoms with Gasteiger partial charge in [0, 0.05) is 10.0 Å². The van der Waals surface area contributed by atoms with E-state index in [2.05, 4.69) is 21.2 Å². The lowest BCUT2D eigenvalue weighted by Crippen LogP contribution is -2.27. The highest BCUT2D eigenvalue weighted by molar-refractivity contribution is 9.10. The number of nitriles is 1. The molecule has 0 saturated carbocycles. The minimum atomic E-state index is -0.469. The first-order chi connectivity index (χ1) is 15.0. The van der Waals surface area contributed by atoms with Crippen molar-refractivity contribution < 1.29 is 13.9 Å². The number of hydrogen-bond donors (Lipinski definition) is 1. The van der Waals surface area contributed by atoms with Gasteiger partial charge in [0.15, 0.2) is 0 Å². The molecule has 1 N–H and O–H groups in total. The van der Waals surface area contributed by atoms with Crippen LogP contribution in [0.3, 0.4) is 0 Å². The molecule has 0 aliphatic heterocycles. The largest absolute Gasteiger partial charge is 0.488 e. The van der Waals surface area contributed by atoms with Crippen molar-refractivity contribution in [3.8, 4) is 11.8 Å². The van der Waals surface area contributed by atoms with Crippen LogP contribution in [0.4, 0.5) is 4.39 Å². The lowest BCUT2D eigenvalue weighted by Gasteiger charge is -2.14. The van der Waals surface area contributed by atoms with Crippen molar-refractivity contribution >= 4 is 27.9 Å². The van der Waals surface area contributed by atoms with Gasteiger partial charge in [-0.1, -0.05) is 58.4 Å². The van der Waals surface area contributed by atoms with Gasteiger partial charge >= 0.3 is 0 Å². The van der Waals surface area contributed by atoms with Gasteiger partial charge in [-0.2, -0.15) is 5.26 Å². The van der Waals surface area contributed by atoms with E-state index in [0.717, 1.165) is 15.6 Å². The average Bonchev–Trinajstić information content (AvgIpc) is 2.78. The van der Waals surface area contributed by atoms with Crippen LogP contribution in [0, 0.1) is 17.1 Å². The van der Waals surface area contributed by atoms with E-state index in [-0.39, 0.29) is 24.0 Å². The van der Waals surface area contributed by atoms with E-state index in [0.29, 0.717) is 11.3 Å². The van der Waals surface area contributed by atoms with Gasteiger partial charge in [-0.05, 0) is 54.5 Å². The van der Waals surface area contributed by atoms with Gasteiger partial charge in [0.1, 0.15) is 29.8 Å². The monoisotopic (exact) mass is 478 g/mol. The quantitative estimate of drug-likeness (QED) is 0.337. The molecule has 1 unspecified atom stereocenters. The maximum Gasteiger partial charge on any atom is 0.262 e. The van der Waals surface area contributed by atoms with E-state index in [1.807, 2.05) is 43.3 Å². The summed E-state index contributed by atoms with van der Waals surface area (Å²) in [6.45, 7) is 2.08. The normalized spacial score (nSPS) is 12.0. The first-order valence-corrected chi connectivity index (χ1v) is 10.4. The fraction of sp³-hybridized carbons (Fsp3) is 0.120. The molecule has 3 aromatic rings. The van der Waals surface area contributed by atoms with Crippen LogP contribution in [0.5, 0.6) is 5.75 Å². The van der Waals surface area contributed by atoms with Crippen LogP contribution in [0.25, 0.3) is 6.08 Å². The van der Waals surface area contributed by atoms with Crippen molar-refractivity contribution in [3.63, 3.8) is 0 Å². The van der Waals surface area contributed by atoms with Crippen LogP contribution in [-0.4, -0.2) is 5.91 Å². The molecule has 0 saturated heterocycles. The summed E-state index contributed by atoms with van der Waals surface area (Å²) in [7, 11) is 0. The molecule has 1 amide bonds. The third-order valence-corrected chi connectivity index (χ3v) is 5.08. The Balaban J connectivity index is 1.79. The molecule has 0 spiro atoms. The molecule has 1 atom stereocenters. The second kappa shape index (κ2) is 10.6. The van der Waals surface area contributed by atoms with Gasteiger partial charge in [0.25, 0.3) is 5.91 Å². The van der Waals surface area contributed by atoms with E-state index in [1.165, 1.54) is 18.2 Å². The third-order valence-electron chi connectivity index (χ3n) is 4.59. The number of halogens is 2. The van der Waals surface area contributed by atoms with Crippen LogP contribution >= 0.6 is 15.9 Å². The molecule has 0 radical (unpaired) electrons. The fourth-order valence-electron chi connectivity index (χ4n) is 2.91. The van der Waals surface area contributed by atoms with Crippen LogP contribution in [0.2, 0.25) is 0 Å². The predicted octanol–water partition coefficient (Wildman–Crippen LogP) is 5.95. The van der Waals surface area contributed by atoms with Crippen molar-refractivity contribution in [2.24, 2.45) is 0 Å². The Morgan fingerprint density at radius 1 is 1.16 bits per heavy atom. The second-order valence-corrected chi connectivity index (χ2v) is 7.79. The number of benzene rings is 3. The highest BCUT2D eigenvalue weighted by atomic mass is 79.9. The minimum absolute atomic E-state index is 0.0347. The Labute approximate surface area is 189 Å². The van der Waals surface area contributed by atoms with Crippen molar-refractivity contribution in [2.75, 3.05) is 0 Å². The lowest BCUT2D eigenvalue weighted by atomic mass is 10.1. The first-order valence-electron chi connectivity index (χ1n) is 9.60. The predicted molar refractivity (Wildman–Crippen MR) is 121 cm³/mol. The van der Waals surface area contributed by atoms with E-state index >= 15 is 0 Å². The van der Waals surface area contributed by atoms with Gasteiger partial charge in [0.2, 0.25) is 0 Å². The summed E-state index contributed by atoms with van der Waals surface area (Å²) in [5, 5.41) is 12.4. The highest BCUT2D eigenvalue weighted by Crippen LogP contribution is 2.27. The summed E-state index contributed by atoms with van der Waals surface area (Å²) in [5.74, 6) is -0.280. The summed E-state index contributed by atoms with van der Waals surface area (Å²) < 4.78 is 19.7. The molecule has 0 heterocycles. The van der Waals surface area contributed by atoms with Crippen LogP contribution < -0.4 is 10.1 Å². The van der Waals surface area contributed by atoms with E-state index < -0.39 is 5.91 Å². The molecular weight excluding hydrogens is 459 g/mol. The van der Waals surface area contributed by atoms with Gasteiger partial charge in [0.05, 0.1) is 6.04 Å². The van der Waals surface area contributed by atoms with E-state index in [1.54, 1.807) is 30.3 Å². The maximum absolute atomic E-state index is 13.1. The Morgan fingerprint density at radius 3 is 2.55 bits per heavy atom. The SMILES string of the molecule is CC(NC(=O)/C(C#N)=C/c1cc(Br)ccc1OCc1ccc(F)cc1)c1ccccc1. The number of rotatable bonds is 7. The second-order valence-electron chi connectivity index (χ2n) is 6.87. The zero-order valence-electron chi connectivity index (χ0n) is 16.8. The molecule has 156 valence electrons.